The van der Waals surface area contributed by atoms with Crippen molar-refractivity contribution in [1.82, 2.24) is 4.98 Å². The van der Waals surface area contributed by atoms with Gasteiger partial charge in [0, 0.05) is 31.2 Å². The van der Waals surface area contributed by atoms with E-state index in [1.54, 1.807) is 32.9 Å². The number of benzene rings is 1. The van der Waals surface area contributed by atoms with E-state index in [1.165, 1.54) is 0 Å². The molecule has 0 aliphatic carbocycles. The maximum absolute atomic E-state index is 12.4. The molecule has 2 rings (SSSR count). The molecule has 1 aromatic carbocycles. The summed E-state index contributed by atoms with van der Waals surface area (Å²) in [7, 11) is 3.84. The Labute approximate surface area is 163 Å². The number of ether oxygens (including phenoxy) is 2. The van der Waals surface area contributed by atoms with Crippen LogP contribution < -0.4 is 10.2 Å². The van der Waals surface area contributed by atoms with Crippen molar-refractivity contribution in [2.45, 2.75) is 20.8 Å². The van der Waals surface area contributed by atoms with Crippen LogP contribution in [0.4, 0.5) is 11.4 Å². The fraction of sp³-hybridized carbons (Fsp3) is 0.350. The highest BCUT2D eigenvalue weighted by Crippen LogP contribution is 2.20. The smallest absolute Gasteiger partial charge is 0.355 e. The Morgan fingerprint density at radius 1 is 1.04 bits per heavy atom. The third-order valence-corrected chi connectivity index (χ3v) is 4.12. The molecule has 0 saturated heterocycles. The van der Waals surface area contributed by atoms with E-state index in [4.69, 9.17) is 9.47 Å². The lowest BCUT2D eigenvalue weighted by Gasteiger charge is -2.13. The molecule has 0 radical (unpaired) electrons. The molecule has 0 spiro atoms. The van der Waals surface area contributed by atoms with Crippen molar-refractivity contribution >= 4 is 29.2 Å². The van der Waals surface area contributed by atoms with Crippen molar-refractivity contribution in [2.24, 2.45) is 0 Å². The van der Waals surface area contributed by atoms with Crippen molar-refractivity contribution in [1.29, 1.82) is 0 Å². The fourth-order valence-corrected chi connectivity index (χ4v) is 2.71. The maximum atomic E-state index is 12.4. The summed E-state index contributed by atoms with van der Waals surface area (Å²) in [6.45, 7) is 4.77. The van der Waals surface area contributed by atoms with E-state index >= 15 is 0 Å². The maximum Gasteiger partial charge on any atom is 0.355 e. The van der Waals surface area contributed by atoms with E-state index in [-0.39, 0.29) is 17.9 Å². The minimum atomic E-state index is -0.681. The zero-order chi connectivity index (χ0) is 20.8. The van der Waals surface area contributed by atoms with Gasteiger partial charge in [0.15, 0.2) is 6.61 Å². The summed E-state index contributed by atoms with van der Waals surface area (Å²) >= 11 is 0. The molecule has 8 nitrogen and oxygen atoms in total. The molecule has 0 saturated carbocycles. The molecule has 0 bridgehead atoms. The van der Waals surface area contributed by atoms with Gasteiger partial charge < -0.3 is 24.7 Å². The van der Waals surface area contributed by atoms with Crippen LogP contribution in [0.25, 0.3) is 0 Å². The van der Waals surface area contributed by atoms with Gasteiger partial charge in [-0.05, 0) is 50.6 Å². The summed E-state index contributed by atoms with van der Waals surface area (Å²) in [6.07, 6.45) is 0. The van der Waals surface area contributed by atoms with Crippen LogP contribution in [0.15, 0.2) is 24.3 Å². The number of amides is 1. The van der Waals surface area contributed by atoms with Crippen LogP contribution >= 0.6 is 0 Å². The SMILES string of the molecule is CCOC(=O)c1[nH]c(C)c(C(=O)OCC(=O)Nc2ccc(N(C)C)cc2)c1C. The van der Waals surface area contributed by atoms with Gasteiger partial charge in [-0.25, -0.2) is 9.59 Å². The lowest BCUT2D eigenvalue weighted by atomic mass is 10.1. The number of rotatable bonds is 7. The Hall–Kier alpha value is -3.29. The van der Waals surface area contributed by atoms with Gasteiger partial charge in [-0.1, -0.05) is 0 Å². The molecule has 0 aliphatic rings. The summed E-state index contributed by atoms with van der Waals surface area (Å²) in [5.74, 6) is -1.68. The minimum Gasteiger partial charge on any atom is -0.461 e. The first-order valence-electron chi connectivity index (χ1n) is 8.85. The quantitative estimate of drug-likeness (QED) is 0.709. The van der Waals surface area contributed by atoms with Gasteiger partial charge in [-0.15, -0.1) is 0 Å². The molecular weight excluding hydrogens is 362 g/mol. The first kappa shape index (κ1) is 21.0. The predicted molar refractivity (Wildman–Crippen MR) is 106 cm³/mol. The van der Waals surface area contributed by atoms with Gasteiger partial charge in [0.25, 0.3) is 5.91 Å². The summed E-state index contributed by atoms with van der Waals surface area (Å²) in [5.41, 5.74) is 2.94. The topological polar surface area (TPSA) is 101 Å². The second-order valence-corrected chi connectivity index (χ2v) is 6.41. The molecule has 150 valence electrons. The standard InChI is InChI=1S/C20H25N3O5/c1-6-27-20(26)18-12(2)17(13(3)21-18)19(25)28-11-16(24)22-14-7-9-15(10-8-14)23(4)5/h7-10,21H,6,11H2,1-5H3,(H,22,24). The lowest BCUT2D eigenvalue weighted by Crippen LogP contribution is -2.21. The van der Waals surface area contributed by atoms with Crippen LogP contribution in [0.1, 0.15) is 39.0 Å². The molecule has 0 atom stereocenters. The lowest BCUT2D eigenvalue weighted by molar-refractivity contribution is -0.119. The van der Waals surface area contributed by atoms with E-state index in [0.717, 1.165) is 5.69 Å². The highest BCUT2D eigenvalue weighted by molar-refractivity contribution is 6.00. The molecule has 2 N–H and O–H groups in total. The number of anilines is 2. The number of carbonyl (C=O) groups is 3. The number of aromatic nitrogens is 1. The van der Waals surface area contributed by atoms with Crippen molar-refractivity contribution in [3.05, 3.63) is 46.8 Å². The molecule has 2 aromatic rings. The molecule has 28 heavy (non-hydrogen) atoms. The number of hydrogen-bond acceptors (Lipinski definition) is 6. The molecule has 1 heterocycles. The molecule has 0 aliphatic heterocycles. The average molecular weight is 387 g/mol. The van der Waals surface area contributed by atoms with Gasteiger partial charge >= 0.3 is 11.9 Å². The van der Waals surface area contributed by atoms with Gasteiger partial charge in [-0.2, -0.15) is 0 Å². The highest BCUT2D eigenvalue weighted by Gasteiger charge is 2.24. The van der Waals surface area contributed by atoms with E-state index in [2.05, 4.69) is 10.3 Å². The second kappa shape index (κ2) is 9.07. The van der Waals surface area contributed by atoms with Crippen LogP contribution in [0.3, 0.4) is 0 Å². The van der Waals surface area contributed by atoms with Crippen molar-refractivity contribution in [2.75, 3.05) is 37.5 Å². The molecule has 0 unspecified atom stereocenters. The third-order valence-electron chi connectivity index (χ3n) is 4.12. The number of nitrogens with one attached hydrogen (secondary N) is 2. The summed E-state index contributed by atoms with van der Waals surface area (Å²) in [4.78, 5) is 41.1. The zero-order valence-electron chi connectivity index (χ0n) is 16.7. The number of H-pyrrole nitrogens is 1. The van der Waals surface area contributed by atoms with Gasteiger partial charge in [-0.3, -0.25) is 4.79 Å². The Morgan fingerprint density at radius 2 is 1.68 bits per heavy atom. The van der Waals surface area contributed by atoms with Crippen molar-refractivity contribution < 1.29 is 23.9 Å². The van der Waals surface area contributed by atoms with Gasteiger partial charge in [0.1, 0.15) is 5.69 Å². The minimum absolute atomic E-state index is 0.205. The molecular formula is C20H25N3O5. The molecule has 1 aromatic heterocycles. The van der Waals surface area contributed by atoms with Crippen LogP contribution in [-0.4, -0.2) is 50.1 Å². The predicted octanol–water partition coefficient (Wildman–Crippen LogP) is 2.67. The first-order valence-corrected chi connectivity index (χ1v) is 8.85. The highest BCUT2D eigenvalue weighted by atomic mass is 16.5. The normalized spacial score (nSPS) is 10.3. The van der Waals surface area contributed by atoms with E-state index in [1.807, 2.05) is 31.1 Å². The van der Waals surface area contributed by atoms with Crippen LogP contribution in [0, 0.1) is 13.8 Å². The number of nitrogens with zero attached hydrogens (tertiary/aromatic N) is 1. The number of carbonyl (C=O) groups excluding carboxylic acids is 3. The van der Waals surface area contributed by atoms with Crippen LogP contribution in [-0.2, 0) is 14.3 Å². The zero-order valence-corrected chi connectivity index (χ0v) is 16.7. The Morgan fingerprint density at radius 3 is 2.25 bits per heavy atom. The van der Waals surface area contributed by atoms with Gasteiger partial charge in [0.2, 0.25) is 0 Å². The van der Waals surface area contributed by atoms with Crippen molar-refractivity contribution in [3.63, 3.8) is 0 Å². The average Bonchev–Trinajstić information content (AvgIpc) is 2.95. The van der Waals surface area contributed by atoms with Crippen LogP contribution in [0.2, 0.25) is 0 Å². The van der Waals surface area contributed by atoms with Crippen molar-refractivity contribution in [3.8, 4) is 0 Å². The number of aryl methyl sites for hydroxylation is 1. The summed E-state index contributed by atoms with van der Waals surface area (Å²) in [5, 5.41) is 2.67. The second-order valence-electron chi connectivity index (χ2n) is 6.41. The Bertz CT molecular complexity index is 869. The van der Waals surface area contributed by atoms with E-state index < -0.39 is 24.5 Å². The van der Waals surface area contributed by atoms with E-state index in [9.17, 15) is 14.4 Å². The Balaban J connectivity index is 1.98. The number of esters is 2. The Kier molecular flexibility index (Phi) is 6.81. The van der Waals surface area contributed by atoms with E-state index in [0.29, 0.717) is 16.9 Å². The molecule has 1 amide bonds. The number of aromatic amines is 1. The monoisotopic (exact) mass is 387 g/mol. The number of hydrogen-bond donors (Lipinski definition) is 2. The largest absolute Gasteiger partial charge is 0.461 e. The first-order chi connectivity index (χ1) is 13.2. The van der Waals surface area contributed by atoms with Gasteiger partial charge in [0.05, 0.1) is 12.2 Å². The summed E-state index contributed by atoms with van der Waals surface area (Å²) < 4.78 is 10.1. The molecule has 8 heteroatoms. The summed E-state index contributed by atoms with van der Waals surface area (Å²) in [6, 6.07) is 7.26. The van der Waals surface area contributed by atoms with Crippen LogP contribution in [0.5, 0.6) is 0 Å². The fourth-order valence-electron chi connectivity index (χ4n) is 2.71. The molecule has 0 fully saturated rings. The third kappa shape index (κ3) is 4.91.